The van der Waals surface area contributed by atoms with Gasteiger partial charge in [-0.1, -0.05) is 12.1 Å². The summed E-state index contributed by atoms with van der Waals surface area (Å²) in [4.78, 5) is 43.4. The van der Waals surface area contributed by atoms with Crippen LogP contribution in [0.1, 0.15) is 46.4 Å². The van der Waals surface area contributed by atoms with E-state index in [0.29, 0.717) is 50.4 Å². The molecule has 3 amide bonds. The monoisotopic (exact) mass is 525 g/mol. The van der Waals surface area contributed by atoms with Gasteiger partial charge < -0.3 is 24.4 Å². The predicted octanol–water partition coefficient (Wildman–Crippen LogP) is 2.60. The van der Waals surface area contributed by atoms with E-state index in [1.165, 1.54) is 30.2 Å². The van der Waals surface area contributed by atoms with E-state index in [9.17, 15) is 18.8 Å². The number of halogens is 1. The molecule has 2 aromatic rings. The first-order valence-electron chi connectivity index (χ1n) is 13.0. The van der Waals surface area contributed by atoms with Crippen LogP contribution in [-0.4, -0.2) is 85.3 Å². The molecule has 0 bridgehead atoms. The van der Waals surface area contributed by atoms with Crippen molar-refractivity contribution in [2.45, 2.75) is 43.6 Å². The van der Waals surface area contributed by atoms with Crippen molar-refractivity contribution < 1.29 is 33.0 Å². The number of rotatable bonds is 6. The number of nitrogens with one attached hydrogen (secondary N) is 1. The van der Waals surface area contributed by atoms with Crippen LogP contribution in [-0.2, 0) is 14.3 Å². The Kier molecular flexibility index (Phi) is 7.62. The number of hydrogen-bond acceptors (Lipinski definition) is 6. The first-order valence-corrected chi connectivity index (χ1v) is 13.0. The minimum absolute atomic E-state index is 0.0326. The molecule has 3 saturated heterocycles. The topological polar surface area (TPSA) is 97.4 Å². The maximum Gasteiger partial charge on any atom is 0.257 e. The van der Waals surface area contributed by atoms with Crippen molar-refractivity contribution in [2.24, 2.45) is 0 Å². The number of methoxy groups -OCH3 is 1. The third kappa shape index (κ3) is 5.23. The summed E-state index contributed by atoms with van der Waals surface area (Å²) in [5.74, 6) is -0.875. The van der Waals surface area contributed by atoms with Crippen molar-refractivity contribution in [1.29, 1.82) is 0 Å². The maximum atomic E-state index is 13.9. The summed E-state index contributed by atoms with van der Waals surface area (Å²) in [5.41, 5.74) is -0.404. The third-order valence-electron chi connectivity index (χ3n) is 7.53. The Hall–Kier alpha value is -3.50. The van der Waals surface area contributed by atoms with Crippen LogP contribution in [0.15, 0.2) is 48.5 Å². The van der Waals surface area contributed by atoms with Crippen LogP contribution in [0.4, 0.5) is 4.39 Å². The molecule has 10 heteroatoms. The molecule has 2 aromatic carbocycles. The lowest BCUT2D eigenvalue weighted by Crippen LogP contribution is -2.60. The molecule has 0 saturated carbocycles. The number of benzene rings is 2. The molecule has 1 spiro atoms. The average molecular weight is 526 g/mol. The van der Waals surface area contributed by atoms with Gasteiger partial charge in [0.2, 0.25) is 5.91 Å². The summed E-state index contributed by atoms with van der Waals surface area (Å²) in [6.45, 7) is 1.69. The lowest BCUT2D eigenvalue weighted by molar-refractivity contribution is -0.128. The first-order chi connectivity index (χ1) is 18.4. The highest BCUT2D eigenvalue weighted by Gasteiger charge is 2.54. The van der Waals surface area contributed by atoms with Gasteiger partial charge in [0.25, 0.3) is 11.8 Å². The van der Waals surface area contributed by atoms with Gasteiger partial charge >= 0.3 is 0 Å². The van der Waals surface area contributed by atoms with E-state index >= 15 is 0 Å². The number of piperidine rings is 1. The Morgan fingerprint density at radius 1 is 1.08 bits per heavy atom. The van der Waals surface area contributed by atoms with Gasteiger partial charge in [-0.05, 0) is 49.2 Å². The number of nitrogens with zero attached hydrogens (tertiary/aromatic N) is 2. The zero-order valence-corrected chi connectivity index (χ0v) is 21.4. The first kappa shape index (κ1) is 26.1. The largest absolute Gasteiger partial charge is 0.497 e. The summed E-state index contributed by atoms with van der Waals surface area (Å²) >= 11 is 0. The highest BCUT2D eigenvalue weighted by Crippen LogP contribution is 2.39. The van der Waals surface area contributed by atoms with E-state index < -0.39 is 17.6 Å². The van der Waals surface area contributed by atoms with E-state index in [-0.39, 0.29) is 36.0 Å². The standard InChI is InChI=1S/C28H32FN3O6/c1-36-22-8-3-6-20(16-22)27(35)32-24(25(33)30-17-23-9-4-14-37-23)18-38-28(32)10-12-31(13-11-28)26(34)19-5-2-7-21(29)15-19/h2-3,5-8,15-16,23-24H,4,9-14,17-18H2,1H3,(H,30,33)/t23-,24+/m1/s1. The second-order valence-corrected chi connectivity index (χ2v) is 9.86. The lowest BCUT2D eigenvalue weighted by Gasteiger charge is -2.44. The normalized spacial score (nSPS) is 22.5. The predicted molar refractivity (Wildman–Crippen MR) is 135 cm³/mol. The number of amides is 3. The number of carbonyl (C=O) groups is 3. The molecule has 3 heterocycles. The Morgan fingerprint density at radius 3 is 2.50 bits per heavy atom. The van der Waals surface area contributed by atoms with Crippen LogP contribution in [0.3, 0.4) is 0 Å². The van der Waals surface area contributed by atoms with Gasteiger partial charge in [-0.15, -0.1) is 0 Å². The molecule has 0 aromatic heterocycles. The summed E-state index contributed by atoms with van der Waals surface area (Å²) in [6.07, 6.45) is 2.45. The molecule has 2 atom stereocenters. The SMILES string of the molecule is COc1cccc(C(=O)N2[C@H](C(=O)NC[C@H]3CCCO3)COC23CCN(C(=O)c2cccc(F)c2)CC3)c1. The second kappa shape index (κ2) is 11.1. The summed E-state index contributed by atoms with van der Waals surface area (Å²) in [6, 6.07) is 11.5. The fourth-order valence-electron chi connectivity index (χ4n) is 5.46. The van der Waals surface area contributed by atoms with Crippen LogP contribution >= 0.6 is 0 Å². The van der Waals surface area contributed by atoms with Gasteiger partial charge in [-0.2, -0.15) is 0 Å². The highest BCUT2D eigenvalue weighted by atomic mass is 19.1. The van der Waals surface area contributed by atoms with Gasteiger partial charge in [0, 0.05) is 50.2 Å². The number of carbonyl (C=O) groups excluding carboxylic acids is 3. The van der Waals surface area contributed by atoms with Gasteiger partial charge in [0.15, 0.2) is 0 Å². The van der Waals surface area contributed by atoms with Crippen LogP contribution in [0, 0.1) is 5.82 Å². The summed E-state index contributed by atoms with van der Waals surface area (Å²) < 4.78 is 30.8. The van der Waals surface area contributed by atoms with Crippen LogP contribution < -0.4 is 10.1 Å². The molecule has 0 aliphatic carbocycles. The molecular formula is C28H32FN3O6. The molecule has 0 radical (unpaired) electrons. The van der Waals surface area contributed by atoms with Gasteiger partial charge in [0.05, 0.1) is 19.8 Å². The molecule has 5 rings (SSSR count). The third-order valence-corrected chi connectivity index (χ3v) is 7.53. The van der Waals surface area contributed by atoms with Crippen LogP contribution in [0.5, 0.6) is 5.75 Å². The Balaban J connectivity index is 1.36. The highest BCUT2D eigenvalue weighted by molar-refractivity contribution is 5.99. The molecule has 0 unspecified atom stereocenters. The Labute approximate surface area is 220 Å². The minimum Gasteiger partial charge on any atom is -0.497 e. The van der Waals surface area contributed by atoms with Crippen molar-refractivity contribution >= 4 is 17.7 Å². The van der Waals surface area contributed by atoms with E-state index in [2.05, 4.69) is 5.32 Å². The van der Waals surface area contributed by atoms with Crippen molar-refractivity contribution in [3.8, 4) is 5.75 Å². The molecule has 38 heavy (non-hydrogen) atoms. The fraction of sp³-hybridized carbons (Fsp3) is 0.464. The minimum atomic E-state index is -1.05. The second-order valence-electron chi connectivity index (χ2n) is 9.86. The van der Waals surface area contributed by atoms with Crippen molar-refractivity contribution in [3.63, 3.8) is 0 Å². The molecule has 202 valence electrons. The van der Waals surface area contributed by atoms with E-state index in [1.54, 1.807) is 35.2 Å². The Bertz CT molecular complexity index is 1190. The van der Waals surface area contributed by atoms with Crippen LogP contribution in [0.25, 0.3) is 0 Å². The molecule has 9 nitrogen and oxygen atoms in total. The number of ether oxygens (including phenoxy) is 3. The van der Waals surface area contributed by atoms with Gasteiger partial charge in [0.1, 0.15) is 23.3 Å². The summed E-state index contributed by atoms with van der Waals surface area (Å²) in [7, 11) is 1.52. The Morgan fingerprint density at radius 2 is 1.82 bits per heavy atom. The maximum absolute atomic E-state index is 13.9. The summed E-state index contributed by atoms with van der Waals surface area (Å²) in [5, 5.41) is 2.94. The average Bonchev–Trinajstić information content (AvgIpc) is 3.60. The number of hydrogen-bond donors (Lipinski definition) is 1. The molecule has 3 aliphatic rings. The van der Waals surface area contributed by atoms with Crippen molar-refractivity contribution in [2.75, 3.05) is 40.0 Å². The quantitative estimate of drug-likeness (QED) is 0.623. The van der Waals surface area contributed by atoms with Gasteiger partial charge in [-0.3, -0.25) is 19.3 Å². The van der Waals surface area contributed by atoms with Gasteiger partial charge in [-0.25, -0.2) is 4.39 Å². The van der Waals surface area contributed by atoms with Crippen molar-refractivity contribution in [3.05, 3.63) is 65.5 Å². The van der Waals surface area contributed by atoms with Crippen LogP contribution in [0.2, 0.25) is 0 Å². The smallest absolute Gasteiger partial charge is 0.257 e. The van der Waals surface area contributed by atoms with Crippen molar-refractivity contribution in [1.82, 2.24) is 15.1 Å². The number of likely N-dealkylation sites (tertiary alicyclic amines) is 1. The fourth-order valence-corrected chi connectivity index (χ4v) is 5.46. The molecule has 1 N–H and O–H groups in total. The zero-order chi connectivity index (χ0) is 26.7. The van der Waals surface area contributed by atoms with E-state index in [4.69, 9.17) is 14.2 Å². The van der Waals surface area contributed by atoms with E-state index in [1.807, 2.05) is 0 Å². The van der Waals surface area contributed by atoms with E-state index in [0.717, 1.165) is 12.8 Å². The lowest BCUT2D eigenvalue weighted by atomic mass is 9.96. The zero-order valence-electron chi connectivity index (χ0n) is 21.4. The molecular weight excluding hydrogens is 493 g/mol. The molecule has 3 aliphatic heterocycles. The molecule has 3 fully saturated rings.